The van der Waals surface area contributed by atoms with Gasteiger partial charge in [0, 0.05) is 28.2 Å². The van der Waals surface area contributed by atoms with E-state index in [1.807, 2.05) is 0 Å². The Morgan fingerprint density at radius 2 is 1.73 bits per heavy atom. The Labute approximate surface area is 244 Å². The number of fused-ring (bicyclic) bond motifs is 1. The van der Waals surface area contributed by atoms with Gasteiger partial charge < -0.3 is 19.4 Å². The second kappa shape index (κ2) is 15.1. The molecule has 3 aromatic rings. The minimum absolute atomic E-state index is 0.145. The third-order valence-electron chi connectivity index (χ3n) is 7.13. The molecule has 2 amide bonds. The van der Waals surface area contributed by atoms with Crippen molar-refractivity contribution < 1.29 is 27.5 Å². The van der Waals surface area contributed by atoms with E-state index < -0.39 is 16.9 Å². The molecule has 0 bridgehead atoms. The van der Waals surface area contributed by atoms with Crippen LogP contribution in [0.5, 0.6) is 5.75 Å². The van der Waals surface area contributed by atoms with Crippen molar-refractivity contribution in [3.05, 3.63) is 77.2 Å². The van der Waals surface area contributed by atoms with Crippen LogP contribution in [0.2, 0.25) is 0 Å². The standard InChI is InChI=1S/C32H38F2N2O4S/c1-3-4-5-6-7-8-9-10-15-40-25-18-27(33)26(28(34)19-25)21-36-29-14-13-23(17-30(29)41-22(2)32(36)38)31(37)35-20-24-12-11-16-39-24/h11-14,16-19,22H,3-10,15,20-21H2,1-2H3,(H,35,37). The summed E-state index contributed by atoms with van der Waals surface area (Å²) >= 11 is 1.31. The van der Waals surface area contributed by atoms with Crippen molar-refractivity contribution in [1.82, 2.24) is 5.32 Å². The van der Waals surface area contributed by atoms with Crippen LogP contribution < -0.4 is 15.0 Å². The molecule has 9 heteroatoms. The van der Waals surface area contributed by atoms with E-state index in [4.69, 9.17) is 9.15 Å². The fourth-order valence-corrected chi connectivity index (χ4v) is 5.90. The summed E-state index contributed by atoms with van der Waals surface area (Å²) in [6.07, 6.45) is 10.8. The maximum absolute atomic E-state index is 15.1. The maximum Gasteiger partial charge on any atom is 0.251 e. The first kappa shape index (κ1) is 30.6. The van der Waals surface area contributed by atoms with Crippen molar-refractivity contribution in [3.63, 3.8) is 0 Å². The Morgan fingerprint density at radius 3 is 2.41 bits per heavy atom. The Bertz CT molecular complexity index is 1290. The van der Waals surface area contributed by atoms with Crippen molar-refractivity contribution in [3.8, 4) is 5.75 Å². The van der Waals surface area contributed by atoms with Crippen LogP contribution in [-0.4, -0.2) is 23.7 Å². The average Bonchev–Trinajstić information content (AvgIpc) is 3.48. The van der Waals surface area contributed by atoms with E-state index in [1.54, 1.807) is 37.3 Å². The van der Waals surface area contributed by atoms with Gasteiger partial charge in [-0.25, -0.2) is 8.78 Å². The highest BCUT2D eigenvalue weighted by molar-refractivity contribution is 8.01. The summed E-state index contributed by atoms with van der Waals surface area (Å²) in [5.41, 5.74) is 0.720. The molecule has 2 heterocycles. The number of furan rings is 1. The maximum atomic E-state index is 15.1. The van der Waals surface area contributed by atoms with E-state index in [0.717, 1.165) is 19.3 Å². The van der Waals surface area contributed by atoms with E-state index in [0.29, 0.717) is 28.5 Å². The molecule has 0 spiro atoms. The molecule has 1 N–H and O–H groups in total. The van der Waals surface area contributed by atoms with Crippen LogP contribution in [0.1, 0.15) is 86.9 Å². The molecule has 0 radical (unpaired) electrons. The van der Waals surface area contributed by atoms with Crippen LogP contribution in [0, 0.1) is 11.6 Å². The molecule has 1 aliphatic rings. The highest BCUT2D eigenvalue weighted by Gasteiger charge is 2.32. The molecule has 2 aromatic carbocycles. The van der Waals surface area contributed by atoms with Crippen LogP contribution >= 0.6 is 11.8 Å². The van der Waals surface area contributed by atoms with Gasteiger partial charge in [-0.15, -0.1) is 11.8 Å². The molecule has 1 aliphatic heterocycles. The number of halogens is 2. The monoisotopic (exact) mass is 584 g/mol. The number of anilines is 1. The molecule has 41 heavy (non-hydrogen) atoms. The van der Waals surface area contributed by atoms with E-state index in [9.17, 15) is 9.59 Å². The number of rotatable bonds is 15. The van der Waals surface area contributed by atoms with E-state index >= 15 is 8.78 Å². The number of nitrogens with one attached hydrogen (secondary N) is 1. The second-order valence-corrected chi connectivity index (χ2v) is 11.7. The number of ether oxygens (including phenoxy) is 1. The minimum Gasteiger partial charge on any atom is -0.493 e. The molecule has 220 valence electrons. The van der Waals surface area contributed by atoms with Gasteiger partial charge in [-0.3, -0.25) is 9.59 Å². The Balaban J connectivity index is 1.37. The molecule has 1 unspecified atom stereocenters. The van der Waals surface area contributed by atoms with Crippen LogP contribution in [0.25, 0.3) is 0 Å². The van der Waals surface area contributed by atoms with Gasteiger partial charge in [0.15, 0.2) is 0 Å². The van der Waals surface area contributed by atoms with Crippen LogP contribution in [0.4, 0.5) is 14.5 Å². The van der Waals surface area contributed by atoms with Crippen molar-refractivity contribution >= 4 is 29.3 Å². The number of hydrogen-bond donors (Lipinski definition) is 1. The zero-order chi connectivity index (χ0) is 29.2. The number of carbonyl (C=O) groups is 2. The molecule has 4 rings (SSSR count). The number of hydrogen-bond acceptors (Lipinski definition) is 5. The Morgan fingerprint density at radius 1 is 1.02 bits per heavy atom. The van der Waals surface area contributed by atoms with Crippen molar-refractivity contribution in [2.45, 2.75) is 88.4 Å². The third kappa shape index (κ3) is 8.35. The largest absolute Gasteiger partial charge is 0.493 e. The first-order valence-corrected chi connectivity index (χ1v) is 15.3. The molecule has 0 saturated heterocycles. The molecule has 0 saturated carbocycles. The summed E-state index contributed by atoms with van der Waals surface area (Å²) in [4.78, 5) is 27.8. The first-order chi connectivity index (χ1) is 19.9. The average molecular weight is 585 g/mol. The minimum atomic E-state index is -0.759. The molecule has 1 atom stereocenters. The van der Waals surface area contributed by atoms with Gasteiger partial charge in [-0.1, -0.05) is 51.9 Å². The van der Waals surface area contributed by atoms with Gasteiger partial charge in [0.25, 0.3) is 5.91 Å². The Kier molecular flexibility index (Phi) is 11.2. The quantitative estimate of drug-likeness (QED) is 0.183. The Hall–Kier alpha value is -3.33. The summed E-state index contributed by atoms with van der Waals surface area (Å²) in [5, 5.41) is 2.32. The van der Waals surface area contributed by atoms with E-state index in [-0.39, 0.29) is 36.2 Å². The SMILES string of the molecule is CCCCCCCCCCOc1cc(F)c(CN2C(=O)C(C)Sc3cc(C(=O)NCc4ccco4)ccc32)c(F)c1. The number of carbonyl (C=O) groups excluding carboxylic acids is 2. The predicted molar refractivity (Wildman–Crippen MR) is 157 cm³/mol. The predicted octanol–water partition coefficient (Wildman–Crippen LogP) is 8.03. The topological polar surface area (TPSA) is 71.8 Å². The number of thioether (sulfide) groups is 1. The molecule has 1 aromatic heterocycles. The van der Waals surface area contributed by atoms with Gasteiger partial charge in [0.2, 0.25) is 5.91 Å². The number of unbranched alkanes of at least 4 members (excludes halogenated alkanes) is 7. The molecule has 0 fully saturated rings. The van der Waals surface area contributed by atoms with Crippen LogP contribution in [0.3, 0.4) is 0 Å². The van der Waals surface area contributed by atoms with Gasteiger partial charge in [-0.2, -0.15) is 0 Å². The van der Waals surface area contributed by atoms with Gasteiger partial charge in [-0.05, 0) is 43.7 Å². The van der Waals surface area contributed by atoms with Gasteiger partial charge in [0.05, 0.1) is 36.9 Å². The summed E-state index contributed by atoms with van der Waals surface area (Å²) in [5.74, 6) is -1.29. The third-order valence-corrected chi connectivity index (χ3v) is 8.27. The van der Waals surface area contributed by atoms with Crippen molar-refractivity contribution in [2.75, 3.05) is 11.5 Å². The highest BCUT2D eigenvalue weighted by Crippen LogP contribution is 2.41. The van der Waals surface area contributed by atoms with Crippen LogP contribution in [0.15, 0.2) is 58.0 Å². The van der Waals surface area contributed by atoms with Gasteiger partial charge in [0.1, 0.15) is 23.1 Å². The summed E-state index contributed by atoms with van der Waals surface area (Å²) in [6, 6.07) is 10.8. The van der Waals surface area contributed by atoms with Crippen molar-refractivity contribution in [2.24, 2.45) is 0 Å². The zero-order valence-electron chi connectivity index (χ0n) is 23.7. The lowest BCUT2D eigenvalue weighted by molar-refractivity contribution is -0.118. The number of amides is 2. The lowest BCUT2D eigenvalue weighted by atomic mass is 10.1. The number of nitrogens with zero attached hydrogens (tertiary/aromatic N) is 1. The first-order valence-electron chi connectivity index (χ1n) is 14.4. The van der Waals surface area contributed by atoms with Crippen LogP contribution in [-0.2, 0) is 17.9 Å². The molecule has 6 nitrogen and oxygen atoms in total. The number of benzene rings is 2. The molecular formula is C32H38F2N2O4S. The lowest BCUT2D eigenvalue weighted by Crippen LogP contribution is -2.39. The fraction of sp³-hybridized carbons (Fsp3) is 0.438. The fourth-order valence-electron chi connectivity index (χ4n) is 4.80. The van der Waals surface area contributed by atoms with E-state index in [1.165, 1.54) is 67.2 Å². The highest BCUT2D eigenvalue weighted by atomic mass is 32.2. The summed E-state index contributed by atoms with van der Waals surface area (Å²) < 4.78 is 41.1. The van der Waals surface area contributed by atoms with Crippen molar-refractivity contribution in [1.29, 1.82) is 0 Å². The molecular weight excluding hydrogens is 546 g/mol. The second-order valence-electron chi connectivity index (χ2n) is 10.3. The lowest BCUT2D eigenvalue weighted by Gasteiger charge is -2.33. The normalized spacial score (nSPS) is 14.7. The van der Waals surface area contributed by atoms with E-state index in [2.05, 4.69) is 12.2 Å². The smallest absolute Gasteiger partial charge is 0.251 e. The zero-order valence-corrected chi connectivity index (χ0v) is 24.5. The summed E-state index contributed by atoms with van der Waals surface area (Å²) in [6.45, 7) is 4.32. The van der Waals surface area contributed by atoms with Gasteiger partial charge >= 0.3 is 0 Å². The molecule has 0 aliphatic carbocycles. The summed E-state index contributed by atoms with van der Waals surface area (Å²) in [7, 11) is 0.